The van der Waals surface area contributed by atoms with Crippen molar-refractivity contribution in [3.8, 4) is 11.5 Å². The SMILES string of the molecule is CCC(NC(=O)CN(c1ccc(OC)c(OC)c1)S(C)(=O)=O)c1ccc(C)cc1C. The summed E-state index contributed by atoms with van der Waals surface area (Å²) < 4.78 is 36.3. The summed E-state index contributed by atoms with van der Waals surface area (Å²) in [5, 5.41) is 2.97. The molecule has 0 bridgehead atoms. The number of rotatable bonds is 9. The van der Waals surface area contributed by atoms with Gasteiger partial charge in [0.1, 0.15) is 6.54 Å². The van der Waals surface area contributed by atoms with Gasteiger partial charge in [0, 0.05) is 6.07 Å². The highest BCUT2D eigenvalue weighted by Gasteiger charge is 2.24. The monoisotopic (exact) mass is 434 g/mol. The average Bonchev–Trinajstić information content (AvgIpc) is 2.69. The summed E-state index contributed by atoms with van der Waals surface area (Å²) in [5.41, 5.74) is 3.58. The van der Waals surface area contributed by atoms with Crippen molar-refractivity contribution in [2.24, 2.45) is 0 Å². The van der Waals surface area contributed by atoms with Gasteiger partial charge in [-0.1, -0.05) is 30.7 Å². The zero-order valence-electron chi connectivity index (χ0n) is 18.4. The van der Waals surface area contributed by atoms with Crippen LogP contribution in [0, 0.1) is 13.8 Å². The Morgan fingerprint density at radius 3 is 2.27 bits per heavy atom. The number of hydrogen-bond donors (Lipinski definition) is 1. The molecule has 0 fully saturated rings. The third kappa shape index (κ3) is 5.66. The van der Waals surface area contributed by atoms with E-state index in [1.807, 2.05) is 32.9 Å². The lowest BCUT2D eigenvalue weighted by molar-refractivity contribution is -0.120. The predicted octanol–water partition coefficient (Wildman–Crippen LogP) is 3.35. The maximum atomic E-state index is 12.8. The second-order valence-corrected chi connectivity index (χ2v) is 9.10. The largest absolute Gasteiger partial charge is 0.493 e. The number of methoxy groups -OCH3 is 2. The fraction of sp³-hybridized carbons (Fsp3) is 0.409. The molecule has 0 radical (unpaired) electrons. The number of carbonyl (C=O) groups excluding carboxylic acids is 1. The Balaban J connectivity index is 2.27. The van der Waals surface area contributed by atoms with E-state index in [1.54, 1.807) is 12.1 Å². The van der Waals surface area contributed by atoms with Crippen LogP contribution in [-0.4, -0.2) is 41.3 Å². The fourth-order valence-electron chi connectivity index (χ4n) is 3.37. The molecule has 30 heavy (non-hydrogen) atoms. The fourth-order valence-corrected chi connectivity index (χ4v) is 4.22. The summed E-state index contributed by atoms with van der Waals surface area (Å²) in [6, 6.07) is 10.6. The standard InChI is InChI=1S/C22H30N2O5S/c1-7-19(18-10-8-15(2)12-16(18)3)23-22(25)14-24(30(6,26)27)17-9-11-20(28-4)21(13-17)29-5/h8-13,19H,7,14H2,1-6H3,(H,23,25). The van der Waals surface area contributed by atoms with Crippen LogP contribution in [0.3, 0.4) is 0 Å². The molecule has 1 unspecified atom stereocenters. The number of nitrogens with zero attached hydrogens (tertiary/aromatic N) is 1. The maximum absolute atomic E-state index is 12.8. The van der Waals surface area contributed by atoms with Gasteiger partial charge in [-0.25, -0.2) is 8.42 Å². The summed E-state index contributed by atoms with van der Waals surface area (Å²) in [5.74, 6) is 0.466. The Morgan fingerprint density at radius 1 is 1.07 bits per heavy atom. The molecule has 0 aromatic heterocycles. The normalized spacial score (nSPS) is 12.2. The van der Waals surface area contributed by atoms with Crippen LogP contribution in [0.1, 0.15) is 36.1 Å². The Bertz CT molecular complexity index is 1000. The van der Waals surface area contributed by atoms with Crippen LogP contribution in [0.4, 0.5) is 5.69 Å². The van der Waals surface area contributed by atoms with Crippen LogP contribution in [0.25, 0.3) is 0 Å². The van der Waals surface area contributed by atoms with Crippen LogP contribution >= 0.6 is 0 Å². The molecule has 1 amide bonds. The Morgan fingerprint density at radius 2 is 1.73 bits per heavy atom. The lowest BCUT2D eigenvalue weighted by Gasteiger charge is -2.25. The molecule has 0 saturated carbocycles. The Kier molecular flexibility index (Phi) is 7.72. The number of hydrogen-bond acceptors (Lipinski definition) is 5. The first kappa shape index (κ1) is 23.5. The first-order valence-corrected chi connectivity index (χ1v) is 11.5. The number of anilines is 1. The zero-order valence-corrected chi connectivity index (χ0v) is 19.2. The van der Waals surface area contributed by atoms with Crippen molar-refractivity contribution in [1.82, 2.24) is 5.32 Å². The molecule has 1 N–H and O–H groups in total. The topological polar surface area (TPSA) is 84.9 Å². The van der Waals surface area contributed by atoms with Gasteiger partial charge < -0.3 is 14.8 Å². The molecule has 2 aromatic rings. The van der Waals surface area contributed by atoms with E-state index in [2.05, 4.69) is 11.4 Å². The average molecular weight is 435 g/mol. The molecule has 0 aliphatic heterocycles. The first-order chi connectivity index (χ1) is 14.1. The minimum Gasteiger partial charge on any atom is -0.493 e. The van der Waals surface area contributed by atoms with E-state index in [0.29, 0.717) is 23.6 Å². The molecule has 164 valence electrons. The summed E-state index contributed by atoms with van der Waals surface area (Å²) in [4.78, 5) is 12.8. The van der Waals surface area contributed by atoms with Gasteiger partial charge in [0.25, 0.3) is 0 Å². The second kappa shape index (κ2) is 9.84. The lowest BCUT2D eigenvalue weighted by atomic mass is 9.97. The molecule has 8 heteroatoms. The molecule has 0 aliphatic carbocycles. The van der Waals surface area contributed by atoms with Gasteiger partial charge in [-0.05, 0) is 43.5 Å². The number of carbonyl (C=O) groups is 1. The summed E-state index contributed by atoms with van der Waals surface area (Å²) in [6.45, 7) is 5.66. The number of ether oxygens (including phenoxy) is 2. The number of sulfonamides is 1. The summed E-state index contributed by atoms with van der Waals surface area (Å²) >= 11 is 0. The van der Waals surface area contributed by atoms with Gasteiger partial charge in [-0.15, -0.1) is 0 Å². The van der Waals surface area contributed by atoms with Gasteiger partial charge in [0.05, 0.1) is 32.2 Å². The quantitative estimate of drug-likeness (QED) is 0.654. The van der Waals surface area contributed by atoms with Gasteiger partial charge >= 0.3 is 0 Å². The molecule has 7 nitrogen and oxygen atoms in total. The zero-order chi connectivity index (χ0) is 22.5. The van der Waals surface area contributed by atoms with Crippen LogP contribution in [0.5, 0.6) is 11.5 Å². The minimum atomic E-state index is -3.70. The number of amides is 1. The van der Waals surface area contributed by atoms with Gasteiger partial charge in [0.2, 0.25) is 15.9 Å². The third-order valence-electron chi connectivity index (χ3n) is 4.89. The molecule has 0 heterocycles. The molecule has 1 atom stereocenters. The molecular formula is C22H30N2O5S. The molecule has 0 aliphatic rings. The van der Waals surface area contributed by atoms with Crippen molar-refractivity contribution in [3.05, 3.63) is 53.1 Å². The van der Waals surface area contributed by atoms with E-state index in [4.69, 9.17) is 9.47 Å². The van der Waals surface area contributed by atoms with Crippen molar-refractivity contribution < 1.29 is 22.7 Å². The Labute approximate surface area is 179 Å². The maximum Gasteiger partial charge on any atom is 0.241 e. The summed E-state index contributed by atoms with van der Waals surface area (Å²) in [6.07, 6.45) is 1.75. The van der Waals surface area contributed by atoms with Gasteiger partial charge in [-0.2, -0.15) is 0 Å². The van der Waals surface area contributed by atoms with Crippen molar-refractivity contribution in [2.75, 3.05) is 31.3 Å². The lowest BCUT2D eigenvalue weighted by Crippen LogP contribution is -2.41. The minimum absolute atomic E-state index is 0.204. The van der Waals surface area contributed by atoms with E-state index in [-0.39, 0.29) is 18.5 Å². The molecule has 0 saturated heterocycles. The first-order valence-electron chi connectivity index (χ1n) is 9.67. The smallest absolute Gasteiger partial charge is 0.241 e. The van der Waals surface area contributed by atoms with Crippen molar-refractivity contribution in [1.29, 1.82) is 0 Å². The molecular weight excluding hydrogens is 404 g/mol. The predicted molar refractivity (Wildman–Crippen MR) is 119 cm³/mol. The van der Waals surface area contributed by atoms with E-state index in [1.165, 1.54) is 20.3 Å². The number of benzene rings is 2. The van der Waals surface area contributed by atoms with Gasteiger partial charge in [-0.3, -0.25) is 9.10 Å². The van der Waals surface area contributed by atoms with E-state index in [9.17, 15) is 13.2 Å². The summed E-state index contributed by atoms with van der Waals surface area (Å²) in [7, 11) is -0.738. The van der Waals surface area contributed by atoms with E-state index >= 15 is 0 Å². The number of aryl methyl sites for hydroxylation is 2. The van der Waals surface area contributed by atoms with Crippen LogP contribution in [0.2, 0.25) is 0 Å². The molecule has 0 spiro atoms. The highest BCUT2D eigenvalue weighted by atomic mass is 32.2. The second-order valence-electron chi connectivity index (χ2n) is 7.20. The van der Waals surface area contributed by atoms with Crippen LogP contribution < -0.4 is 19.1 Å². The van der Waals surface area contributed by atoms with E-state index < -0.39 is 10.0 Å². The van der Waals surface area contributed by atoms with E-state index in [0.717, 1.165) is 27.3 Å². The van der Waals surface area contributed by atoms with Crippen molar-refractivity contribution in [2.45, 2.75) is 33.2 Å². The van der Waals surface area contributed by atoms with Crippen LogP contribution in [0.15, 0.2) is 36.4 Å². The Hall–Kier alpha value is -2.74. The van der Waals surface area contributed by atoms with Crippen molar-refractivity contribution in [3.63, 3.8) is 0 Å². The van der Waals surface area contributed by atoms with Gasteiger partial charge in [0.15, 0.2) is 11.5 Å². The number of nitrogens with one attached hydrogen (secondary N) is 1. The van der Waals surface area contributed by atoms with Crippen LogP contribution in [-0.2, 0) is 14.8 Å². The molecule has 2 rings (SSSR count). The third-order valence-corrected chi connectivity index (χ3v) is 6.03. The molecule has 2 aromatic carbocycles. The van der Waals surface area contributed by atoms with Crippen molar-refractivity contribution >= 4 is 21.6 Å². The highest BCUT2D eigenvalue weighted by Crippen LogP contribution is 2.32. The highest BCUT2D eigenvalue weighted by molar-refractivity contribution is 7.92.